The third kappa shape index (κ3) is 6.79. The number of hydrogen-bond donors (Lipinski definition) is 1. The molecule has 0 aliphatic carbocycles. The van der Waals surface area contributed by atoms with Gasteiger partial charge >= 0.3 is 0 Å². The molecule has 0 aromatic carbocycles. The minimum atomic E-state index is -0.0602. The maximum absolute atomic E-state index is 12.6. The molecular weight excluding hydrogens is 264 g/mol. The topological polar surface area (TPSA) is 41.6 Å². The lowest BCUT2D eigenvalue weighted by Gasteiger charge is -2.41. The van der Waals surface area contributed by atoms with Crippen molar-refractivity contribution in [2.75, 3.05) is 20.2 Å². The van der Waals surface area contributed by atoms with Crippen molar-refractivity contribution in [1.29, 1.82) is 0 Å². The molecule has 1 rings (SSSR count). The molecule has 1 atom stereocenters. The number of nitrogens with zero attached hydrogens (tertiary/aromatic N) is 1. The number of rotatable bonds is 8. The summed E-state index contributed by atoms with van der Waals surface area (Å²) in [5, 5.41) is 3.49. The SMILES string of the molecule is COC1CN(C(=O)C(CCCCC(C)C)NC(C)(C)C)C1. The summed E-state index contributed by atoms with van der Waals surface area (Å²) in [5.74, 6) is 0.982. The molecule has 1 N–H and O–H groups in total. The Morgan fingerprint density at radius 3 is 2.29 bits per heavy atom. The van der Waals surface area contributed by atoms with Gasteiger partial charge in [0.15, 0.2) is 0 Å². The highest BCUT2D eigenvalue weighted by molar-refractivity contribution is 5.82. The Kier molecular flexibility index (Phi) is 7.14. The van der Waals surface area contributed by atoms with Gasteiger partial charge in [-0.2, -0.15) is 0 Å². The number of likely N-dealkylation sites (tertiary alicyclic amines) is 1. The van der Waals surface area contributed by atoms with Crippen LogP contribution in [0, 0.1) is 5.92 Å². The van der Waals surface area contributed by atoms with Crippen LogP contribution in [0.5, 0.6) is 0 Å². The number of nitrogens with one attached hydrogen (secondary N) is 1. The van der Waals surface area contributed by atoms with E-state index in [9.17, 15) is 4.79 Å². The van der Waals surface area contributed by atoms with E-state index in [2.05, 4.69) is 39.9 Å². The van der Waals surface area contributed by atoms with Crippen molar-refractivity contribution in [3.63, 3.8) is 0 Å². The van der Waals surface area contributed by atoms with Crippen LogP contribution in [-0.2, 0) is 9.53 Å². The normalized spacial score (nSPS) is 18.0. The van der Waals surface area contributed by atoms with Crippen molar-refractivity contribution in [2.24, 2.45) is 5.92 Å². The van der Waals surface area contributed by atoms with Gasteiger partial charge < -0.3 is 15.0 Å². The van der Waals surface area contributed by atoms with Crippen LogP contribution < -0.4 is 5.32 Å². The summed E-state index contributed by atoms with van der Waals surface area (Å²) in [6.07, 6.45) is 4.71. The minimum absolute atomic E-state index is 0.0378. The van der Waals surface area contributed by atoms with E-state index in [1.165, 1.54) is 12.8 Å². The summed E-state index contributed by atoms with van der Waals surface area (Å²) in [5.41, 5.74) is -0.0378. The van der Waals surface area contributed by atoms with Gasteiger partial charge in [0.05, 0.1) is 12.1 Å². The molecule has 1 unspecified atom stereocenters. The van der Waals surface area contributed by atoms with Crippen molar-refractivity contribution in [2.45, 2.75) is 78.0 Å². The second kappa shape index (κ2) is 8.14. The maximum atomic E-state index is 12.6. The third-order valence-corrected chi connectivity index (χ3v) is 3.92. The fourth-order valence-corrected chi connectivity index (χ4v) is 2.67. The van der Waals surface area contributed by atoms with Crippen LogP contribution in [0.1, 0.15) is 60.3 Å². The van der Waals surface area contributed by atoms with Gasteiger partial charge in [0.25, 0.3) is 0 Å². The van der Waals surface area contributed by atoms with Crippen molar-refractivity contribution in [3.05, 3.63) is 0 Å². The van der Waals surface area contributed by atoms with E-state index in [0.29, 0.717) is 0 Å². The molecular formula is C17H34N2O2. The van der Waals surface area contributed by atoms with Crippen LogP contribution in [-0.4, -0.2) is 48.7 Å². The van der Waals surface area contributed by atoms with E-state index >= 15 is 0 Å². The van der Waals surface area contributed by atoms with E-state index in [4.69, 9.17) is 4.74 Å². The number of carbonyl (C=O) groups is 1. The zero-order valence-electron chi connectivity index (χ0n) is 14.7. The summed E-state index contributed by atoms with van der Waals surface area (Å²) in [7, 11) is 1.71. The smallest absolute Gasteiger partial charge is 0.239 e. The first-order valence-electron chi connectivity index (χ1n) is 8.32. The first-order valence-corrected chi connectivity index (χ1v) is 8.32. The Bertz CT molecular complexity index is 317. The van der Waals surface area contributed by atoms with E-state index < -0.39 is 0 Å². The van der Waals surface area contributed by atoms with E-state index in [-0.39, 0.29) is 23.6 Å². The average molecular weight is 298 g/mol. The fraction of sp³-hybridized carbons (Fsp3) is 0.941. The summed E-state index contributed by atoms with van der Waals surface area (Å²) >= 11 is 0. The molecule has 21 heavy (non-hydrogen) atoms. The summed E-state index contributed by atoms with van der Waals surface area (Å²) in [4.78, 5) is 14.5. The van der Waals surface area contributed by atoms with Gasteiger partial charge in [0, 0.05) is 25.7 Å². The molecule has 0 radical (unpaired) electrons. The highest BCUT2D eigenvalue weighted by Gasteiger charge is 2.35. The lowest BCUT2D eigenvalue weighted by Crippen LogP contribution is -2.61. The molecule has 4 nitrogen and oxygen atoms in total. The van der Waals surface area contributed by atoms with Crippen LogP contribution in [0.3, 0.4) is 0 Å². The highest BCUT2D eigenvalue weighted by atomic mass is 16.5. The molecule has 0 aromatic rings. The van der Waals surface area contributed by atoms with Crippen LogP contribution in [0.15, 0.2) is 0 Å². The lowest BCUT2D eigenvalue weighted by atomic mass is 9.98. The number of amides is 1. The Balaban J connectivity index is 2.46. The van der Waals surface area contributed by atoms with E-state index in [1.807, 2.05) is 4.90 Å². The first kappa shape index (κ1) is 18.4. The first-order chi connectivity index (χ1) is 9.73. The van der Waals surface area contributed by atoms with Gasteiger partial charge in [-0.15, -0.1) is 0 Å². The third-order valence-electron chi connectivity index (χ3n) is 3.92. The number of carbonyl (C=O) groups excluding carboxylic acids is 1. The Hall–Kier alpha value is -0.610. The van der Waals surface area contributed by atoms with E-state index in [1.54, 1.807) is 7.11 Å². The zero-order valence-corrected chi connectivity index (χ0v) is 14.7. The Labute approximate surface area is 130 Å². The monoisotopic (exact) mass is 298 g/mol. The standard InChI is InChI=1S/C17H34N2O2/c1-13(2)9-7-8-10-15(18-17(3,4)5)16(20)19-11-14(12-19)21-6/h13-15,18H,7-12H2,1-6H3. The maximum Gasteiger partial charge on any atom is 0.239 e. The van der Waals surface area contributed by atoms with Gasteiger partial charge in [-0.1, -0.05) is 33.1 Å². The molecule has 1 aliphatic heterocycles. The lowest BCUT2D eigenvalue weighted by molar-refractivity contribution is -0.146. The van der Waals surface area contributed by atoms with Crippen LogP contribution in [0.4, 0.5) is 0 Å². The van der Waals surface area contributed by atoms with Crippen molar-refractivity contribution in [3.8, 4) is 0 Å². The van der Waals surface area contributed by atoms with Gasteiger partial charge in [-0.3, -0.25) is 4.79 Å². The molecule has 0 spiro atoms. The van der Waals surface area contributed by atoms with Crippen LogP contribution in [0.2, 0.25) is 0 Å². The van der Waals surface area contributed by atoms with Gasteiger partial charge in [-0.25, -0.2) is 0 Å². The van der Waals surface area contributed by atoms with Crippen molar-refractivity contribution >= 4 is 5.91 Å². The molecule has 0 saturated carbocycles. The fourth-order valence-electron chi connectivity index (χ4n) is 2.67. The Morgan fingerprint density at radius 1 is 1.24 bits per heavy atom. The zero-order chi connectivity index (χ0) is 16.0. The molecule has 1 heterocycles. The number of unbranched alkanes of at least 4 members (excludes halogenated alkanes) is 1. The molecule has 4 heteroatoms. The minimum Gasteiger partial charge on any atom is -0.378 e. The summed E-state index contributed by atoms with van der Waals surface area (Å²) < 4.78 is 5.26. The molecule has 1 aliphatic rings. The predicted octanol–water partition coefficient (Wildman–Crippen LogP) is 2.82. The van der Waals surface area contributed by atoms with Crippen LogP contribution in [0.25, 0.3) is 0 Å². The second-order valence-electron chi connectivity index (χ2n) is 7.73. The van der Waals surface area contributed by atoms with Gasteiger partial charge in [0.2, 0.25) is 5.91 Å². The van der Waals surface area contributed by atoms with Crippen molar-refractivity contribution in [1.82, 2.24) is 10.2 Å². The number of hydrogen-bond acceptors (Lipinski definition) is 3. The predicted molar refractivity (Wildman–Crippen MR) is 87.4 cm³/mol. The van der Waals surface area contributed by atoms with Gasteiger partial charge in [-0.05, 0) is 33.1 Å². The molecule has 124 valence electrons. The largest absolute Gasteiger partial charge is 0.378 e. The van der Waals surface area contributed by atoms with Crippen molar-refractivity contribution < 1.29 is 9.53 Å². The number of methoxy groups -OCH3 is 1. The summed E-state index contributed by atoms with van der Waals surface area (Å²) in [6.45, 7) is 12.3. The van der Waals surface area contributed by atoms with Crippen LogP contribution >= 0.6 is 0 Å². The molecule has 0 aromatic heterocycles. The molecule has 1 amide bonds. The highest BCUT2D eigenvalue weighted by Crippen LogP contribution is 2.17. The molecule has 1 saturated heterocycles. The molecule has 0 bridgehead atoms. The Morgan fingerprint density at radius 2 is 1.81 bits per heavy atom. The van der Waals surface area contributed by atoms with E-state index in [0.717, 1.165) is 31.8 Å². The average Bonchev–Trinajstić information content (AvgIpc) is 2.29. The second-order valence-corrected chi connectivity index (χ2v) is 7.73. The quantitative estimate of drug-likeness (QED) is 0.701. The molecule has 1 fully saturated rings. The van der Waals surface area contributed by atoms with Gasteiger partial charge in [0.1, 0.15) is 0 Å². The number of ether oxygens (including phenoxy) is 1. The summed E-state index contributed by atoms with van der Waals surface area (Å²) in [6, 6.07) is -0.0602.